The van der Waals surface area contributed by atoms with Crippen LogP contribution < -0.4 is 0 Å². The molecular weight excluding hydrogens is 530 g/mol. The van der Waals surface area contributed by atoms with Crippen molar-refractivity contribution in [1.82, 2.24) is 5.06 Å². The fourth-order valence-corrected chi connectivity index (χ4v) is 5.09. The molecular formula is C35H37NO6. The molecule has 0 aromatic heterocycles. The van der Waals surface area contributed by atoms with E-state index in [2.05, 4.69) is 42.5 Å². The predicted molar refractivity (Wildman–Crippen MR) is 161 cm³/mol. The molecule has 0 N–H and O–H groups in total. The second-order valence-electron chi connectivity index (χ2n) is 11.6. The molecule has 0 amide bonds. The zero-order valence-electron chi connectivity index (χ0n) is 24.3. The third kappa shape index (κ3) is 7.96. The van der Waals surface area contributed by atoms with Crippen LogP contribution in [0.2, 0.25) is 0 Å². The van der Waals surface area contributed by atoms with Gasteiger partial charge in [-0.2, -0.15) is 0 Å². The lowest BCUT2D eigenvalue weighted by Gasteiger charge is -2.37. The van der Waals surface area contributed by atoms with Crippen LogP contribution in [0.4, 0.5) is 4.79 Å². The number of carbonyl (C=O) groups is 2. The van der Waals surface area contributed by atoms with Gasteiger partial charge in [0.25, 0.3) is 0 Å². The highest BCUT2D eigenvalue weighted by molar-refractivity contribution is 5.89. The molecule has 218 valence electrons. The summed E-state index contributed by atoms with van der Waals surface area (Å²) < 4.78 is 17.4. The second kappa shape index (κ2) is 13.2. The monoisotopic (exact) mass is 567 g/mol. The first-order valence-electron chi connectivity index (χ1n) is 14.3. The minimum absolute atomic E-state index is 0.0878. The van der Waals surface area contributed by atoms with Crippen LogP contribution in [-0.4, -0.2) is 42.0 Å². The Bertz CT molecular complexity index is 1500. The van der Waals surface area contributed by atoms with E-state index in [-0.39, 0.29) is 24.6 Å². The minimum atomic E-state index is -0.719. The Morgan fingerprint density at radius 1 is 0.810 bits per heavy atom. The van der Waals surface area contributed by atoms with E-state index in [1.165, 1.54) is 5.39 Å². The molecule has 0 aliphatic carbocycles. The molecule has 1 heterocycles. The lowest BCUT2D eigenvalue weighted by atomic mass is 9.87. The summed E-state index contributed by atoms with van der Waals surface area (Å²) in [5.74, 6) is -0.260. The molecule has 2 unspecified atom stereocenters. The summed E-state index contributed by atoms with van der Waals surface area (Å²) in [6.45, 7) is 7.01. The molecule has 0 saturated carbocycles. The van der Waals surface area contributed by atoms with E-state index >= 15 is 0 Å². The Labute approximate surface area is 246 Å². The maximum Gasteiger partial charge on any atom is 0.528 e. The van der Waals surface area contributed by atoms with Crippen LogP contribution in [0.1, 0.15) is 60.2 Å². The Balaban J connectivity index is 1.26. The average Bonchev–Trinajstić information content (AvgIpc) is 2.98. The van der Waals surface area contributed by atoms with Crippen molar-refractivity contribution < 1.29 is 28.6 Å². The normalized spacial score (nSPS) is 17.5. The Kier molecular flexibility index (Phi) is 9.20. The molecule has 1 aliphatic heterocycles. The van der Waals surface area contributed by atoms with Gasteiger partial charge >= 0.3 is 12.1 Å². The number of hydroxylamine groups is 2. The zero-order valence-corrected chi connectivity index (χ0v) is 24.3. The van der Waals surface area contributed by atoms with Crippen LogP contribution in [0.25, 0.3) is 10.8 Å². The first-order chi connectivity index (χ1) is 20.2. The third-order valence-electron chi connectivity index (χ3n) is 7.18. The van der Waals surface area contributed by atoms with Gasteiger partial charge in [0.1, 0.15) is 12.2 Å². The summed E-state index contributed by atoms with van der Waals surface area (Å²) in [5, 5.41) is 3.98. The number of benzene rings is 4. The maximum atomic E-state index is 12.4. The minimum Gasteiger partial charge on any atom is -0.457 e. The van der Waals surface area contributed by atoms with E-state index < -0.39 is 11.8 Å². The van der Waals surface area contributed by atoms with Crippen molar-refractivity contribution in [3.63, 3.8) is 0 Å². The first kappa shape index (κ1) is 29.3. The lowest BCUT2D eigenvalue weighted by molar-refractivity contribution is -0.179. The summed E-state index contributed by atoms with van der Waals surface area (Å²) in [5.41, 5.74) is 2.99. The van der Waals surface area contributed by atoms with Gasteiger partial charge in [0, 0.05) is 12.5 Å². The van der Waals surface area contributed by atoms with Gasteiger partial charge in [-0.15, -0.1) is 5.06 Å². The SMILES string of the molecule is CC(C)(C)OC(=O)ON1CCC(c2ccc(COC(=O)c3ccccc3)cc2)C(OCc2ccc3ccccc3c2)C1. The predicted octanol–water partition coefficient (Wildman–Crippen LogP) is 7.44. The number of hydrogen-bond acceptors (Lipinski definition) is 7. The van der Waals surface area contributed by atoms with Crippen LogP contribution in [0, 0.1) is 0 Å². The van der Waals surface area contributed by atoms with Gasteiger partial charge in [-0.3, -0.25) is 0 Å². The van der Waals surface area contributed by atoms with Crippen molar-refractivity contribution in [2.45, 2.75) is 58.0 Å². The van der Waals surface area contributed by atoms with E-state index in [1.807, 2.05) is 63.2 Å². The quantitative estimate of drug-likeness (QED) is 0.205. The lowest BCUT2D eigenvalue weighted by Crippen LogP contribution is -2.45. The largest absolute Gasteiger partial charge is 0.528 e. The summed E-state index contributed by atoms with van der Waals surface area (Å²) in [4.78, 5) is 30.2. The molecule has 5 rings (SSSR count). The molecule has 0 spiro atoms. The average molecular weight is 568 g/mol. The van der Waals surface area contributed by atoms with Crippen LogP contribution in [0.5, 0.6) is 0 Å². The summed E-state index contributed by atoms with van der Waals surface area (Å²) in [6, 6.07) is 31.6. The number of ether oxygens (including phenoxy) is 3. The van der Waals surface area contributed by atoms with E-state index in [1.54, 1.807) is 17.2 Å². The van der Waals surface area contributed by atoms with Gasteiger partial charge in [-0.1, -0.05) is 78.9 Å². The zero-order chi connectivity index (χ0) is 29.5. The number of piperidine rings is 1. The molecule has 42 heavy (non-hydrogen) atoms. The number of fused-ring (bicyclic) bond motifs is 1. The van der Waals surface area contributed by atoms with Gasteiger partial charge < -0.3 is 19.0 Å². The van der Waals surface area contributed by atoms with E-state index in [0.717, 1.165) is 28.5 Å². The van der Waals surface area contributed by atoms with Crippen molar-refractivity contribution >= 4 is 22.9 Å². The summed E-state index contributed by atoms with van der Waals surface area (Å²) in [7, 11) is 0. The topological polar surface area (TPSA) is 74.3 Å². The third-order valence-corrected chi connectivity index (χ3v) is 7.18. The standard InChI is InChI=1S/C35H37NO6/c1-35(2,3)41-34(38)42-36-20-19-31(32(22-36)39-24-26-15-16-27-9-7-8-12-30(27)21-26)28-17-13-25(14-18-28)23-40-33(37)29-10-5-4-6-11-29/h4-18,21,31-32H,19-20,22-24H2,1-3H3. The van der Waals surface area contributed by atoms with Gasteiger partial charge in [0.2, 0.25) is 0 Å². The van der Waals surface area contributed by atoms with Crippen molar-refractivity contribution in [3.8, 4) is 0 Å². The smallest absolute Gasteiger partial charge is 0.457 e. The molecule has 0 radical (unpaired) electrons. The molecule has 1 saturated heterocycles. The van der Waals surface area contributed by atoms with Crippen molar-refractivity contribution in [3.05, 3.63) is 119 Å². The summed E-state index contributed by atoms with van der Waals surface area (Å²) >= 11 is 0. The molecule has 4 aromatic rings. The number of nitrogens with zero attached hydrogens (tertiary/aromatic N) is 1. The van der Waals surface area contributed by atoms with Crippen molar-refractivity contribution in [2.24, 2.45) is 0 Å². The van der Waals surface area contributed by atoms with Gasteiger partial charge in [0.05, 0.1) is 24.8 Å². The van der Waals surface area contributed by atoms with Crippen LogP contribution in [-0.2, 0) is 32.3 Å². The van der Waals surface area contributed by atoms with Crippen molar-refractivity contribution in [1.29, 1.82) is 0 Å². The van der Waals surface area contributed by atoms with Gasteiger partial charge in [-0.25, -0.2) is 9.59 Å². The van der Waals surface area contributed by atoms with Gasteiger partial charge in [0.15, 0.2) is 0 Å². The highest BCUT2D eigenvalue weighted by Gasteiger charge is 2.34. The maximum absolute atomic E-state index is 12.4. The van der Waals surface area contributed by atoms with Crippen LogP contribution >= 0.6 is 0 Å². The second-order valence-corrected chi connectivity index (χ2v) is 11.6. The summed E-state index contributed by atoms with van der Waals surface area (Å²) in [6.07, 6.45) is -0.217. The van der Waals surface area contributed by atoms with E-state index in [9.17, 15) is 9.59 Å². The molecule has 4 aromatic carbocycles. The molecule has 1 fully saturated rings. The molecule has 7 nitrogen and oxygen atoms in total. The Hall–Kier alpha value is -4.20. The molecule has 0 bridgehead atoms. The van der Waals surface area contributed by atoms with Crippen LogP contribution in [0.15, 0.2) is 97.1 Å². The molecule has 2 atom stereocenters. The number of rotatable bonds is 8. The number of esters is 1. The van der Waals surface area contributed by atoms with Crippen LogP contribution in [0.3, 0.4) is 0 Å². The molecule has 1 aliphatic rings. The number of carbonyl (C=O) groups excluding carboxylic acids is 2. The van der Waals surface area contributed by atoms with E-state index in [0.29, 0.717) is 25.3 Å². The molecule has 7 heteroatoms. The highest BCUT2D eigenvalue weighted by atomic mass is 16.8. The Morgan fingerprint density at radius 3 is 2.24 bits per heavy atom. The fourth-order valence-electron chi connectivity index (χ4n) is 5.09. The number of hydrogen-bond donors (Lipinski definition) is 0. The highest BCUT2D eigenvalue weighted by Crippen LogP contribution is 2.32. The first-order valence-corrected chi connectivity index (χ1v) is 14.3. The Morgan fingerprint density at radius 2 is 1.50 bits per heavy atom. The fraction of sp³-hybridized carbons (Fsp3) is 0.314. The van der Waals surface area contributed by atoms with Crippen molar-refractivity contribution in [2.75, 3.05) is 13.1 Å². The van der Waals surface area contributed by atoms with Gasteiger partial charge in [-0.05, 0) is 72.9 Å². The van der Waals surface area contributed by atoms with E-state index in [4.69, 9.17) is 19.0 Å².